The molecule has 3 N–H and O–H groups in total. The summed E-state index contributed by atoms with van der Waals surface area (Å²) in [6.07, 6.45) is -4.33. The average Bonchev–Trinajstić information content (AvgIpc) is 2.24. The zero-order chi connectivity index (χ0) is 13.8. The van der Waals surface area contributed by atoms with E-state index in [-0.39, 0.29) is 11.8 Å². The van der Waals surface area contributed by atoms with Gasteiger partial charge in [-0.05, 0) is 32.0 Å². The highest BCUT2D eigenvalue weighted by molar-refractivity contribution is 5.58. The van der Waals surface area contributed by atoms with Gasteiger partial charge in [-0.3, -0.25) is 0 Å². The average molecular weight is 262 g/mol. The first-order valence-corrected chi connectivity index (χ1v) is 5.63. The Bertz CT molecular complexity index is 391. The largest absolute Gasteiger partial charge is 0.418 e. The lowest BCUT2D eigenvalue weighted by Crippen LogP contribution is -2.14. The van der Waals surface area contributed by atoms with Gasteiger partial charge < -0.3 is 15.8 Å². The summed E-state index contributed by atoms with van der Waals surface area (Å²) in [6, 6.07) is 3.76. The van der Waals surface area contributed by atoms with E-state index in [4.69, 9.17) is 10.5 Å². The molecule has 3 nitrogen and oxygen atoms in total. The lowest BCUT2D eigenvalue weighted by molar-refractivity contribution is -0.136. The second-order valence-corrected chi connectivity index (χ2v) is 4.15. The summed E-state index contributed by atoms with van der Waals surface area (Å²) in [5.41, 5.74) is 4.58. The van der Waals surface area contributed by atoms with Crippen molar-refractivity contribution >= 4 is 11.4 Å². The van der Waals surface area contributed by atoms with E-state index in [0.717, 1.165) is 6.07 Å². The minimum Gasteiger partial charge on any atom is -0.398 e. The molecule has 0 aliphatic heterocycles. The maximum Gasteiger partial charge on any atom is 0.418 e. The third kappa shape index (κ3) is 4.44. The Labute approximate surface area is 104 Å². The molecule has 0 aliphatic rings. The molecule has 0 spiro atoms. The monoisotopic (exact) mass is 262 g/mol. The number of anilines is 2. The van der Waals surface area contributed by atoms with Gasteiger partial charge in [0.05, 0.1) is 18.3 Å². The van der Waals surface area contributed by atoms with Crippen molar-refractivity contribution in [3.63, 3.8) is 0 Å². The minimum atomic E-state index is -4.43. The first-order chi connectivity index (χ1) is 8.30. The molecule has 6 heteroatoms. The molecule has 0 saturated carbocycles. The van der Waals surface area contributed by atoms with E-state index >= 15 is 0 Å². The van der Waals surface area contributed by atoms with Gasteiger partial charge in [-0.1, -0.05) is 0 Å². The van der Waals surface area contributed by atoms with E-state index in [1.54, 1.807) is 0 Å². The number of hydrogen-bond acceptors (Lipinski definition) is 3. The summed E-state index contributed by atoms with van der Waals surface area (Å²) < 4.78 is 43.0. The topological polar surface area (TPSA) is 47.3 Å². The quantitative estimate of drug-likeness (QED) is 0.633. The number of benzene rings is 1. The molecule has 0 atom stereocenters. The number of rotatable bonds is 5. The molecular weight excluding hydrogens is 245 g/mol. The predicted octanol–water partition coefficient (Wildman–Crippen LogP) is 3.12. The summed E-state index contributed by atoms with van der Waals surface area (Å²) in [5.74, 6) is 0. The molecule has 1 rings (SSSR count). The van der Waals surface area contributed by atoms with Gasteiger partial charge in [0.1, 0.15) is 0 Å². The molecule has 0 bridgehead atoms. The molecule has 1 aromatic carbocycles. The zero-order valence-corrected chi connectivity index (χ0v) is 10.3. The Kier molecular flexibility index (Phi) is 4.84. The summed E-state index contributed by atoms with van der Waals surface area (Å²) in [6.45, 7) is 4.67. The van der Waals surface area contributed by atoms with Crippen LogP contribution < -0.4 is 11.1 Å². The van der Waals surface area contributed by atoms with Crippen LogP contribution in [0.2, 0.25) is 0 Å². The van der Waals surface area contributed by atoms with Gasteiger partial charge in [0.15, 0.2) is 0 Å². The van der Waals surface area contributed by atoms with Crippen LogP contribution >= 0.6 is 0 Å². The number of nitrogens with two attached hydrogens (primary N) is 1. The Balaban J connectivity index is 2.63. The van der Waals surface area contributed by atoms with Crippen molar-refractivity contribution in [2.75, 3.05) is 24.2 Å². The highest BCUT2D eigenvalue weighted by atomic mass is 19.4. The fourth-order valence-electron chi connectivity index (χ4n) is 1.40. The van der Waals surface area contributed by atoms with Crippen LogP contribution in [-0.4, -0.2) is 19.3 Å². The van der Waals surface area contributed by atoms with Crippen LogP contribution in [0.1, 0.15) is 19.4 Å². The van der Waals surface area contributed by atoms with Gasteiger partial charge in [-0.2, -0.15) is 13.2 Å². The van der Waals surface area contributed by atoms with Gasteiger partial charge in [-0.15, -0.1) is 0 Å². The van der Waals surface area contributed by atoms with E-state index in [9.17, 15) is 13.2 Å². The smallest absolute Gasteiger partial charge is 0.398 e. The number of nitrogen functional groups attached to an aromatic ring is 1. The first-order valence-electron chi connectivity index (χ1n) is 5.63. The Morgan fingerprint density at radius 1 is 1.33 bits per heavy atom. The lowest BCUT2D eigenvalue weighted by atomic mass is 10.1. The molecule has 0 radical (unpaired) electrons. The van der Waals surface area contributed by atoms with Crippen LogP contribution in [0.25, 0.3) is 0 Å². The number of halogens is 3. The number of nitrogens with one attached hydrogen (secondary N) is 1. The standard InChI is InChI=1S/C12H17F3N2O/c1-8(2)18-6-5-17-9-3-4-11(16)10(7-9)12(13,14)15/h3-4,7-8,17H,5-6,16H2,1-2H3. The Morgan fingerprint density at radius 2 is 2.00 bits per heavy atom. The van der Waals surface area contributed by atoms with Crippen LogP contribution in [0, 0.1) is 0 Å². The van der Waals surface area contributed by atoms with Gasteiger partial charge >= 0.3 is 6.18 Å². The summed E-state index contributed by atoms with van der Waals surface area (Å²) in [5, 5.41) is 2.86. The van der Waals surface area contributed by atoms with Crippen LogP contribution in [0.5, 0.6) is 0 Å². The summed E-state index contributed by atoms with van der Waals surface area (Å²) in [4.78, 5) is 0. The number of ether oxygens (including phenoxy) is 1. The molecule has 0 aromatic heterocycles. The first kappa shape index (κ1) is 14.6. The van der Waals surface area contributed by atoms with Crippen molar-refractivity contribution in [3.8, 4) is 0 Å². The zero-order valence-electron chi connectivity index (χ0n) is 10.3. The number of alkyl halides is 3. The summed E-state index contributed by atoms with van der Waals surface area (Å²) in [7, 11) is 0. The Hall–Kier alpha value is -1.43. The fourth-order valence-corrected chi connectivity index (χ4v) is 1.40. The van der Waals surface area contributed by atoms with Crippen LogP contribution in [0.15, 0.2) is 18.2 Å². The van der Waals surface area contributed by atoms with Crippen LogP contribution in [-0.2, 0) is 10.9 Å². The molecule has 18 heavy (non-hydrogen) atoms. The molecule has 0 amide bonds. The lowest BCUT2D eigenvalue weighted by Gasteiger charge is -2.13. The van der Waals surface area contributed by atoms with Crippen molar-refractivity contribution in [2.24, 2.45) is 0 Å². The third-order valence-electron chi connectivity index (χ3n) is 2.24. The second-order valence-electron chi connectivity index (χ2n) is 4.15. The molecule has 102 valence electrons. The van der Waals surface area contributed by atoms with Gasteiger partial charge in [0, 0.05) is 17.9 Å². The van der Waals surface area contributed by atoms with E-state index in [1.165, 1.54) is 12.1 Å². The van der Waals surface area contributed by atoms with Crippen molar-refractivity contribution in [1.82, 2.24) is 0 Å². The van der Waals surface area contributed by atoms with Crippen molar-refractivity contribution in [1.29, 1.82) is 0 Å². The third-order valence-corrected chi connectivity index (χ3v) is 2.24. The maximum absolute atomic E-state index is 12.6. The van der Waals surface area contributed by atoms with Crippen LogP contribution in [0.3, 0.4) is 0 Å². The SMILES string of the molecule is CC(C)OCCNc1ccc(N)c(C(F)(F)F)c1. The van der Waals surface area contributed by atoms with Crippen molar-refractivity contribution < 1.29 is 17.9 Å². The maximum atomic E-state index is 12.6. The van der Waals surface area contributed by atoms with E-state index in [2.05, 4.69) is 5.32 Å². The van der Waals surface area contributed by atoms with Gasteiger partial charge in [0.2, 0.25) is 0 Å². The minimum absolute atomic E-state index is 0.101. The van der Waals surface area contributed by atoms with E-state index in [0.29, 0.717) is 18.8 Å². The molecule has 0 heterocycles. The normalized spacial score (nSPS) is 11.9. The fraction of sp³-hybridized carbons (Fsp3) is 0.500. The Morgan fingerprint density at radius 3 is 2.56 bits per heavy atom. The second kappa shape index (κ2) is 5.95. The van der Waals surface area contributed by atoms with E-state index in [1.807, 2.05) is 13.8 Å². The highest BCUT2D eigenvalue weighted by Crippen LogP contribution is 2.34. The number of hydrogen-bond donors (Lipinski definition) is 2. The van der Waals surface area contributed by atoms with E-state index < -0.39 is 11.7 Å². The van der Waals surface area contributed by atoms with Crippen LogP contribution in [0.4, 0.5) is 24.5 Å². The molecule has 0 fully saturated rings. The van der Waals surface area contributed by atoms with Gasteiger partial charge in [-0.25, -0.2) is 0 Å². The molecular formula is C12H17F3N2O. The summed E-state index contributed by atoms with van der Waals surface area (Å²) >= 11 is 0. The van der Waals surface area contributed by atoms with Crippen molar-refractivity contribution in [2.45, 2.75) is 26.1 Å². The van der Waals surface area contributed by atoms with Crippen molar-refractivity contribution in [3.05, 3.63) is 23.8 Å². The molecule has 0 saturated heterocycles. The highest BCUT2D eigenvalue weighted by Gasteiger charge is 2.33. The molecule has 0 unspecified atom stereocenters. The molecule has 0 aliphatic carbocycles. The predicted molar refractivity (Wildman–Crippen MR) is 65.4 cm³/mol. The van der Waals surface area contributed by atoms with Gasteiger partial charge in [0.25, 0.3) is 0 Å². The molecule has 1 aromatic rings.